The molecule has 1 atom stereocenters. The van der Waals surface area contributed by atoms with Gasteiger partial charge >= 0.3 is 5.97 Å². The Morgan fingerprint density at radius 3 is 2.63 bits per heavy atom. The van der Waals surface area contributed by atoms with Crippen LogP contribution in [0.1, 0.15) is 29.3 Å². The lowest BCUT2D eigenvalue weighted by Gasteiger charge is -2.13. The molecule has 0 radical (unpaired) electrons. The summed E-state index contributed by atoms with van der Waals surface area (Å²) in [5.74, 6) is 0.399. The second-order valence-corrected chi connectivity index (χ2v) is 8.06. The second-order valence-electron chi connectivity index (χ2n) is 6.34. The van der Waals surface area contributed by atoms with Crippen LogP contribution in [0.15, 0.2) is 36.4 Å². The number of hydrogen-bond acceptors (Lipinski definition) is 6. The van der Waals surface area contributed by atoms with Gasteiger partial charge in [-0.15, -0.1) is 11.3 Å². The Morgan fingerprint density at radius 2 is 1.96 bits per heavy atom. The van der Waals surface area contributed by atoms with E-state index >= 15 is 0 Å². The number of carboxylic acid groups (broad SMARTS) is 1. The highest BCUT2D eigenvalue weighted by molar-refractivity contribution is 7.19. The number of aryl methyl sites for hydroxylation is 1. The number of carbonyl (C=O) groups is 1. The van der Waals surface area contributed by atoms with Crippen LogP contribution in [0.25, 0.3) is 10.7 Å². The minimum absolute atomic E-state index is 0.551. The molecule has 6 nitrogen and oxygen atoms in total. The van der Waals surface area contributed by atoms with E-state index in [1.165, 1.54) is 11.3 Å². The first-order valence-corrected chi connectivity index (χ1v) is 9.71. The molecule has 0 amide bonds. The predicted molar refractivity (Wildman–Crippen MR) is 107 cm³/mol. The summed E-state index contributed by atoms with van der Waals surface area (Å²) in [7, 11) is 0. The van der Waals surface area contributed by atoms with Gasteiger partial charge in [0.15, 0.2) is 5.82 Å². The summed E-state index contributed by atoms with van der Waals surface area (Å²) in [5.41, 5.74) is 9.22. The molecule has 0 spiro atoms. The van der Waals surface area contributed by atoms with E-state index in [1.54, 1.807) is 12.1 Å². The largest absolute Gasteiger partial charge is 0.480 e. The van der Waals surface area contributed by atoms with Gasteiger partial charge in [0.25, 0.3) is 0 Å². The Hall–Kier alpha value is -2.48. The van der Waals surface area contributed by atoms with Crippen LogP contribution >= 0.6 is 22.9 Å². The van der Waals surface area contributed by atoms with Crippen LogP contribution in [0.2, 0.25) is 4.34 Å². The van der Waals surface area contributed by atoms with Gasteiger partial charge in [-0.3, -0.25) is 4.79 Å². The van der Waals surface area contributed by atoms with Gasteiger partial charge in [-0.25, -0.2) is 9.97 Å². The molecule has 4 N–H and O–H groups in total. The van der Waals surface area contributed by atoms with E-state index in [0.717, 1.165) is 46.9 Å². The number of halogens is 1. The third-order valence-corrected chi connectivity index (χ3v) is 5.75. The molecule has 3 aromatic rings. The van der Waals surface area contributed by atoms with Crippen molar-refractivity contribution in [1.82, 2.24) is 9.97 Å². The number of aromatic nitrogens is 2. The van der Waals surface area contributed by atoms with Gasteiger partial charge in [0.05, 0.1) is 9.21 Å². The molecule has 4 rings (SSSR count). The van der Waals surface area contributed by atoms with E-state index in [9.17, 15) is 4.79 Å². The molecule has 1 unspecified atom stereocenters. The van der Waals surface area contributed by atoms with Crippen molar-refractivity contribution in [2.75, 3.05) is 5.32 Å². The Balaban J connectivity index is 1.65. The summed E-state index contributed by atoms with van der Waals surface area (Å²) in [6.45, 7) is 0. The minimum Gasteiger partial charge on any atom is -0.480 e. The van der Waals surface area contributed by atoms with Crippen molar-refractivity contribution < 1.29 is 9.90 Å². The highest BCUT2D eigenvalue weighted by Crippen LogP contribution is 2.34. The third kappa shape index (κ3) is 3.66. The molecular weight excluding hydrogens is 384 g/mol. The number of carboxylic acids is 1. The third-order valence-electron chi connectivity index (χ3n) is 4.53. The maximum absolute atomic E-state index is 11.0. The zero-order valence-corrected chi connectivity index (χ0v) is 15.8. The van der Waals surface area contributed by atoms with Gasteiger partial charge in [-0.2, -0.15) is 0 Å². The van der Waals surface area contributed by atoms with Gasteiger partial charge in [-0.1, -0.05) is 23.7 Å². The summed E-state index contributed by atoms with van der Waals surface area (Å²) < 4.78 is 0.703. The first-order valence-electron chi connectivity index (χ1n) is 8.52. The highest BCUT2D eigenvalue weighted by atomic mass is 35.5. The molecule has 0 fully saturated rings. The Labute approximate surface area is 165 Å². The molecule has 1 aliphatic carbocycles. The van der Waals surface area contributed by atoms with Crippen molar-refractivity contribution >= 4 is 40.4 Å². The van der Waals surface area contributed by atoms with Gasteiger partial charge in [0.2, 0.25) is 0 Å². The molecule has 1 aliphatic rings. The lowest BCUT2D eigenvalue weighted by Crippen LogP contribution is -2.20. The smallest absolute Gasteiger partial charge is 0.325 e. The summed E-state index contributed by atoms with van der Waals surface area (Å²) in [5, 5.41) is 12.4. The number of nitrogens with two attached hydrogens (primary N) is 1. The predicted octanol–water partition coefficient (Wildman–Crippen LogP) is 4.18. The van der Waals surface area contributed by atoms with E-state index in [1.807, 2.05) is 24.3 Å². The molecule has 2 heterocycles. The summed E-state index contributed by atoms with van der Waals surface area (Å²) >= 11 is 7.51. The average Bonchev–Trinajstić information content (AvgIpc) is 3.30. The second kappa shape index (κ2) is 7.26. The number of fused-ring (bicyclic) bond motifs is 1. The van der Waals surface area contributed by atoms with Crippen LogP contribution in [-0.2, 0) is 17.6 Å². The number of nitrogens with zero attached hydrogens (tertiary/aromatic N) is 2. The van der Waals surface area contributed by atoms with Gasteiger partial charge in [0, 0.05) is 16.9 Å². The minimum atomic E-state index is -1.05. The van der Waals surface area contributed by atoms with Crippen molar-refractivity contribution in [2.24, 2.45) is 5.73 Å². The fraction of sp³-hybridized carbons (Fsp3) is 0.211. The van der Waals surface area contributed by atoms with Crippen molar-refractivity contribution in [2.45, 2.75) is 25.3 Å². The molecule has 1 aromatic carbocycles. The van der Waals surface area contributed by atoms with Crippen molar-refractivity contribution in [3.05, 3.63) is 57.6 Å². The summed E-state index contributed by atoms with van der Waals surface area (Å²) in [4.78, 5) is 21.4. The van der Waals surface area contributed by atoms with E-state index < -0.39 is 12.0 Å². The molecule has 8 heteroatoms. The van der Waals surface area contributed by atoms with Crippen LogP contribution in [-0.4, -0.2) is 21.0 Å². The molecule has 27 heavy (non-hydrogen) atoms. The molecular formula is C19H17ClN4O2S. The standard InChI is InChI=1S/C19H17ClN4O2S/c20-15-9-8-14(27-15)18-23-13-3-1-2-12(13)17(24-18)22-11-6-4-10(5-7-11)16(21)19(25)26/h4-9,16H,1-3,21H2,(H,25,26)(H,22,23,24). The zero-order valence-electron chi connectivity index (χ0n) is 14.3. The Kier molecular flexibility index (Phi) is 4.82. The number of thiophene rings is 1. The van der Waals surface area contributed by atoms with Gasteiger partial charge in [-0.05, 0) is 49.1 Å². The maximum Gasteiger partial charge on any atom is 0.325 e. The van der Waals surface area contributed by atoms with Crippen LogP contribution < -0.4 is 11.1 Å². The monoisotopic (exact) mass is 400 g/mol. The lowest BCUT2D eigenvalue weighted by molar-refractivity contribution is -0.138. The van der Waals surface area contributed by atoms with Crippen molar-refractivity contribution in [3.63, 3.8) is 0 Å². The molecule has 0 saturated heterocycles. The molecule has 0 aliphatic heterocycles. The van der Waals surface area contributed by atoms with Crippen molar-refractivity contribution in [1.29, 1.82) is 0 Å². The highest BCUT2D eigenvalue weighted by Gasteiger charge is 2.21. The number of nitrogens with one attached hydrogen (secondary N) is 1. The number of aliphatic carboxylic acids is 1. The van der Waals surface area contributed by atoms with Gasteiger partial charge in [0.1, 0.15) is 11.9 Å². The summed E-state index contributed by atoms with van der Waals surface area (Å²) in [6, 6.07) is 9.78. The summed E-state index contributed by atoms with van der Waals surface area (Å²) in [6.07, 6.45) is 2.93. The first-order chi connectivity index (χ1) is 13.0. The number of anilines is 2. The van der Waals surface area contributed by atoms with Gasteiger partial charge < -0.3 is 16.2 Å². The normalized spacial score (nSPS) is 14.0. The quantitative estimate of drug-likeness (QED) is 0.594. The van der Waals surface area contributed by atoms with Crippen molar-refractivity contribution in [3.8, 4) is 10.7 Å². The zero-order chi connectivity index (χ0) is 19.0. The number of rotatable bonds is 5. The topological polar surface area (TPSA) is 101 Å². The van der Waals surface area contributed by atoms with E-state index in [2.05, 4.69) is 5.32 Å². The molecule has 138 valence electrons. The van der Waals surface area contributed by atoms with Crippen LogP contribution in [0.3, 0.4) is 0 Å². The number of hydrogen-bond donors (Lipinski definition) is 3. The Morgan fingerprint density at radius 1 is 1.19 bits per heavy atom. The van der Waals surface area contributed by atoms with E-state index in [-0.39, 0.29) is 0 Å². The van der Waals surface area contributed by atoms with Crippen LogP contribution in [0, 0.1) is 0 Å². The maximum atomic E-state index is 11.0. The van der Waals surface area contributed by atoms with Crippen LogP contribution in [0.4, 0.5) is 11.5 Å². The lowest BCUT2D eigenvalue weighted by atomic mass is 10.1. The van der Waals surface area contributed by atoms with E-state index in [4.69, 9.17) is 32.4 Å². The fourth-order valence-electron chi connectivity index (χ4n) is 3.13. The molecule has 0 bridgehead atoms. The Bertz CT molecular complexity index is 1000. The number of benzene rings is 1. The fourth-order valence-corrected chi connectivity index (χ4v) is 4.11. The van der Waals surface area contributed by atoms with Crippen LogP contribution in [0.5, 0.6) is 0 Å². The first kappa shape index (κ1) is 17.9. The SMILES string of the molecule is NC(C(=O)O)c1ccc(Nc2nc(-c3ccc(Cl)s3)nc3c2CCC3)cc1. The molecule has 0 saturated carbocycles. The average molecular weight is 401 g/mol. The van der Waals surface area contributed by atoms with E-state index in [0.29, 0.717) is 15.7 Å². The molecule has 2 aromatic heterocycles.